The van der Waals surface area contributed by atoms with Crippen LogP contribution in [0, 0.1) is 40.8 Å². The van der Waals surface area contributed by atoms with Crippen molar-refractivity contribution in [1.82, 2.24) is 0 Å². The van der Waals surface area contributed by atoms with Gasteiger partial charge in [0.1, 0.15) is 0 Å². The zero-order valence-electron chi connectivity index (χ0n) is 11.2. The average Bonchev–Trinajstić information content (AvgIpc) is 2.18. The summed E-state index contributed by atoms with van der Waals surface area (Å²) in [5.41, 5.74) is 0.528. The van der Waals surface area contributed by atoms with Crippen LogP contribution in [0.3, 0.4) is 0 Å². The van der Waals surface area contributed by atoms with E-state index < -0.39 is 17.9 Å². The van der Waals surface area contributed by atoms with E-state index in [2.05, 4.69) is 19.7 Å². The Hall–Kier alpha value is -1.02. The molecule has 0 unspecified atom stereocenters. The summed E-state index contributed by atoms with van der Waals surface area (Å²) in [6.45, 7) is 13.8. The van der Waals surface area contributed by atoms with E-state index in [1.807, 2.05) is 0 Å². The molecule has 0 rings (SSSR count). The van der Waals surface area contributed by atoms with Crippen molar-refractivity contribution in [2.24, 2.45) is 0 Å². The molecule has 0 saturated carbocycles. The fourth-order valence-corrected chi connectivity index (χ4v) is 0. The minimum Gasteiger partial charge on any atom is -0.478 e. The number of carboxylic acids is 3. The molecule has 0 saturated heterocycles. The van der Waals surface area contributed by atoms with Gasteiger partial charge in [0.05, 0.1) is 0 Å². The molecule has 0 amide bonds. The third-order valence-electron chi connectivity index (χ3n) is 1.10. The molecule has 0 aliphatic rings. The van der Waals surface area contributed by atoms with E-state index in [-0.39, 0.29) is 57.6 Å². The number of aliphatic carboxylic acids is 3. The topological polar surface area (TPSA) is 112 Å². The van der Waals surface area contributed by atoms with Crippen LogP contribution in [0.25, 0.3) is 0 Å². The van der Waals surface area contributed by atoms with Crippen molar-refractivity contribution in [3.63, 3.8) is 0 Å². The molecule has 0 heterocycles. The van der Waals surface area contributed by atoms with Crippen molar-refractivity contribution >= 4 is 17.9 Å². The zero-order valence-corrected chi connectivity index (χ0v) is 14.4. The van der Waals surface area contributed by atoms with E-state index in [0.717, 1.165) is 0 Å². The monoisotopic (exact) mass is 400 g/mol. The Labute approximate surface area is 145 Å². The Morgan fingerprint density at radius 1 is 0.632 bits per heavy atom. The molecule has 19 heavy (non-hydrogen) atoms. The smallest absolute Gasteiger partial charge is 0.330 e. The molecule has 0 aliphatic heterocycles. The van der Waals surface area contributed by atoms with Gasteiger partial charge in [0.2, 0.25) is 0 Å². The van der Waals surface area contributed by atoms with Crippen LogP contribution in [0.2, 0.25) is 0 Å². The second-order valence-corrected chi connectivity index (χ2v) is 3.26. The quantitative estimate of drug-likeness (QED) is 0.622. The van der Waals surface area contributed by atoms with Crippen LogP contribution < -0.4 is 0 Å². The molecule has 0 aromatic carbocycles. The normalized spacial score (nSPS) is 7.11. The van der Waals surface area contributed by atoms with E-state index in [9.17, 15) is 14.4 Å². The van der Waals surface area contributed by atoms with Crippen molar-refractivity contribution in [2.75, 3.05) is 0 Å². The zero-order chi connectivity index (χ0) is 15.5. The fraction of sp³-hybridized carbons (Fsp3) is 0.250. The molecule has 7 heteroatoms. The maximum Gasteiger partial charge on any atom is 0.330 e. The van der Waals surface area contributed by atoms with Crippen LogP contribution in [0.15, 0.2) is 36.5 Å². The summed E-state index contributed by atoms with van der Waals surface area (Å²) >= 11 is 0. The predicted molar refractivity (Wildman–Crippen MR) is 67.3 cm³/mol. The number of hydrogen-bond donors (Lipinski definition) is 3. The van der Waals surface area contributed by atoms with Crippen molar-refractivity contribution in [3.05, 3.63) is 36.5 Å². The van der Waals surface area contributed by atoms with Gasteiger partial charge in [-0.05, 0) is 20.8 Å². The molecule has 0 atom stereocenters. The van der Waals surface area contributed by atoms with Crippen LogP contribution in [0.4, 0.5) is 0 Å². The molecule has 0 radical (unpaired) electrons. The molecule has 0 fully saturated rings. The van der Waals surface area contributed by atoms with Gasteiger partial charge >= 0.3 is 17.9 Å². The predicted octanol–water partition coefficient (Wildman–Crippen LogP) is 1.94. The largest absolute Gasteiger partial charge is 0.478 e. The third kappa shape index (κ3) is 31.6. The van der Waals surface area contributed by atoms with Crippen molar-refractivity contribution < 1.29 is 70.5 Å². The van der Waals surface area contributed by atoms with Gasteiger partial charge in [0.25, 0.3) is 0 Å². The summed E-state index contributed by atoms with van der Waals surface area (Å²) in [6, 6.07) is 0. The first-order chi connectivity index (χ1) is 7.93. The van der Waals surface area contributed by atoms with E-state index >= 15 is 0 Å². The molecule has 6 nitrogen and oxygen atoms in total. The minimum absolute atomic E-state index is 0. The van der Waals surface area contributed by atoms with Gasteiger partial charge in [0.15, 0.2) is 0 Å². The Kier molecular flexibility index (Phi) is 21.0. The Morgan fingerprint density at radius 3 is 0.684 bits per heavy atom. The molecular weight excluding hydrogens is 384 g/mol. The molecule has 0 aliphatic carbocycles. The van der Waals surface area contributed by atoms with Crippen molar-refractivity contribution in [3.8, 4) is 0 Å². The average molecular weight is 403 g/mol. The summed E-state index contributed by atoms with van der Waals surface area (Å²) in [4.78, 5) is 28.8. The van der Waals surface area contributed by atoms with Gasteiger partial charge < -0.3 is 15.3 Å². The Balaban J connectivity index is -0.0000000865. The van der Waals surface area contributed by atoms with Crippen molar-refractivity contribution in [2.45, 2.75) is 20.8 Å². The van der Waals surface area contributed by atoms with Crippen molar-refractivity contribution in [1.29, 1.82) is 0 Å². The van der Waals surface area contributed by atoms with E-state index in [1.165, 1.54) is 20.8 Å². The van der Waals surface area contributed by atoms with Gasteiger partial charge in [0, 0.05) is 57.6 Å². The summed E-state index contributed by atoms with van der Waals surface area (Å²) < 4.78 is 0. The van der Waals surface area contributed by atoms with E-state index in [1.54, 1.807) is 0 Å². The molecule has 106 valence electrons. The summed E-state index contributed by atoms with van der Waals surface area (Å²) in [5, 5.41) is 23.7. The maximum atomic E-state index is 9.60. The first kappa shape index (κ1) is 26.5. The molecule has 0 bridgehead atoms. The SMILES string of the molecule is C=C(C)C(=O)O.C=C(C)C(=O)O.C=C(C)C(=O)O.[Nd]. The number of rotatable bonds is 3. The van der Waals surface area contributed by atoms with Crippen LogP contribution in [-0.2, 0) is 14.4 Å². The maximum absolute atomic E-state index is 9.60. The molecular formula is C12H18NdO6. The van der Waals surface area contributed by atoms with Gasteiger partial charge in [-0.15, -0.1) is 0 Å². The van der Waals surface area contributed by atoms with Crippen LogP contribution in [-0.4, -0.2) is 33.2 Å². The van der Waals surface area contributed by atoms with Gasteiger partial charge in [-0.3, -0.25) is 0 Å². The van der Waals surface area contributed by atoms with Gasteiger partial charge in [-0.25, -0.2) is 14.4 Å². The summed E-state index contributed by atoms with van der Waals surface area (Å²) in [7, 11) is 0. The number of hydrogen-bond acceptors (Lipinski definition) is 3. The second-order valence-electron chi connectivity index (χ2n) is 3.26. The van der Waals surface area contributed by atoms with E-state index in [4.69, 9.17) is 15.3 Å². The third-order valence-corrected chi connectivity index (χ3v) is 1.10. The molecule has 0 aromatic heterocycles. The van der Waals surface area contributed by atoms with Crippen LogP contribution in [0.1, 0.15) is 20.8 Å². The minimum atomic E-state index is -0.935. The number of carboxylic acid groups (broad SMARTS) is 3. The summed E-state index contributed by atoms with van der Waals surface area (Å²) in [6.07, 6.45) is 0. The van der Waals surface area contributed by atoms with Crippen LogP contribution in [0.5, 0.6) is 0 Å². The van der Waals surface area contributed by atoms with Gasteiger partial charge in [-0.2, -0.15) is 0 Å². The standard InChI is InChI=1S/3C4H6O2.Nd/c3*1-3(2)4(5)6;/h3*1H2,2H3,(H,5,6);. The Bertz CT molecular complexity index is 277. The molecule has 0 spiro atoms. The number of carbonyl (C=O) groups is 3. The second kappa shape index (κ2) is 15.0. The van der Waals surface area contributed by atoms with Crippen LogP contribution >= 0.6 is 0 Å². The molecule has 0 aromatic rings. The first-order valence-corrected chi connectivity index (χ1v) is 4.59. The summed E-state index contributed by atoms with van der Waals surface area (Å²) in [5.74, 6) is -2.81. The molecule has 3 N–H and O–H groups in total. The van der Waals surface area contributed by atoms with E-state index in [0.29, 0.717) is 0 Å². The first-order valence-electron chi connectivity index (χ1n) is 4.59. The van der Waals surface area contributed by atoms with Gasteiger partial charge in [-0.1, -0.05) is 19.7 Å². The Morgan fingerprint density at radius 2 is 0.684 bits per heavy atom. The fourth-order valence-electron chi connectivity index (χ4n) is 0.